The molecule has 1 unspecified atom stereocenters. The van der Waals surface area contributed by atoms with E-state index in [2.05, 4.69) is 21.4 Å². The van der Waals surface area contributed by atoms with E-state index in [9.17, 15) is 14.0 Å². The molecule has 1 amide bonds. The van der Waals surface area contributed by atoms with E-state index < -0.39 is 11.6 Å². The number of carbonyl (C=O) groups excluding carboxylic acids is 1. The van der Waals surface area contributed by atoms with Gasteiger partial charge in [0.15, 0.2) is 0 Å². The van der Waals surface area contributed by atoms with Crippen LogP contribution in [0.1, 0.15) is 37.8 Å². The molecule has 3 aromatic rings. The Balaban J connectivity index is 1.52. The summed E-state index contributed by atoms with van der Waals surface area (Å²) in [5, 5.41) is 1.06. The average Bonchev–Trinajstić information content (AvgIpc) is 2.90. The molecule has 4 heterocycles. The van der Waals surface area contributed by atoms with Crippen LogP contribution in [0.25, 0.3) is 22.0 Å². The second-order valence-electron chi connectivity index (χ2n) is 11.0. The Hall–Kier alpha value is -3.30. The summed E-state index contributed by atoms with van der Waals surface area (Å²) in [5.74, 6) is -0.968. The lowest BCUT2D eigenvalue weighted by atomic mass is 9.88. The monoisotopic (exact) mass is 567 g/mol. The van der Waals surface area contributed by atoms with Crippen LogP contribution >= 0.6 is 11.6 Å². The van der Waals surface area contributed by atoms with Gasteiger partial charge in [0.2, 0.25) is 5.91 Å². The highest BCUT2D eigenvalue weighted by molar-refractivity contribution is 6.34. The molecule has 6 rings (SSSR count). The first-order valence-electron chi connectivity index (χ1n) is 13.9. The first kappa shape index (κ1) is 26.9. The van der Waals surface area contributed by atoms with Gasteiger partial charge in [0.25, 0.3) is 0 Å². The van der Waals surface area contributed by atoms with Gasteiger partial charge in [0, 0.05) is 65.9 Å². The fourth-order valence-electron chi connectivity index (χ4n) is 6.47. The first-order chi connectivity index (χ1) is 19.3. The van der Waals surface area contributed by atoms with Gasteiger partial charge in [0.1, 0.15) is 17.5 Å². The van der Waals surface area contributed by atoms with Gasteiger partial charge >= 0.3 is 5.69 Å². The Morgan fingerprint density at radius 3 is 2.67 bits per heavy atom. The highest BCUT2D eigenvalue weighted by atomic mass is 35.5. The van der Waals surface area contributed by atoms with Gasteiger partial charge in [-0.15, -0.1) is 0 Å². The maximum atomic E-state index is 15.1. The third kappa shape index (κ3) is 4.59. The summed E-state index contributed by atoms with van der Waals surface area (Å²) in [6.45, 7) is 10.1. The van der Waals surface area contributed by atoms with Crippen LogP contribution in [-0.4, -0.2) is 70.6 Å². The first-order valence-corrected chi connectivity index (χ1v) is 14.3. The standard InChI is InChI=1S/C30H32ClF2N5O2/c1-3-26(39)36-13-14-37(18(2)17-36)29-23-16-24(31)27(21-7-5-19(32)15-25(21)33)22-8-6-20(9-12-35-10-4-11-35)38(28(22)23)30(40)34-29/h3,5,7,15-16,18,20H,1,4,6,8-14,17H2,2H3/t18-,20?/m0/s1. The number of likely N-dealkylation sites (tertiary alicyclic amines) is 1. The smallest absolute Gasteiger partial charge is 0.350 e. The lowest BCUT2D eigenvalue weighted by Gasteiger charge is -2.41. The van der Waals surface area contributed by atoms with Crippen molar-refractivity contribution < 1.29 is 13.6 Å². The van der Waals surface area contributed by atoms with Crippen LogP contribution in [-0.2, 0) is 11.2 Å². The molecule has 7 nitrogen and oxygen atoms in total. The van der Waals surface area contributed by atoms with Gasteiger partial charge in [-0.25, -0.2) is 13.6 Å². The number of rotatable bonds is 6. The summed E-state index contributed by atoms with van der Waals surface area (Å²) in [7, 11) is 0. The van der Waals surface area contributed by atoms with E-state index >= 15 is 4.39 Å². The van der Waals surface area contributed by atoms with Crippen LogP contribution < -0.4 is 10.6 Å². The lowest BCUT2D eigenvalue weighted by Crippen LogP contribution is -2.54. The number of nitrogens with zero attached hydrogens (tertiary/aromatic N) is 5. The molecule has 40 heavy (non-hydrogen) atoms. The van der Waals surface area contributed by atoms with Crippen molar-refractivity contribution in [2.75, 3.05) is 44.2 Å². The summed E-state index contributed by atoms with van der Waals surface area (Å²) in [4.78, 5) is 36.8. The van der Waals surface area contributed by atoms with Crippen LogP contribution in [0.3, 0.4) is 0 Å². The molecule has 1 aromatic heterocycles. The molecule has 2 aromatic carbocycles. The van der Waals surface area contributed by atoms with E-state index in [1.54, 1.807) is 15.5 Å². The van der Waals surface area contributed by atoms with E-state index in [1.165, 1.54) is 24.6 Å². The third-order valence-electron chi connectivity index (χ3n) is 8.65. The number of aromatic nitrogens is 2. The number of aryl methyl sites for hydroxylation is 1. The number of carbonyl (C=O) groups is 1. The highest BCUT2D eigenvalue weighted by Gasteiger charge is 2.33. The molecule has 0 spiro atoms. The fraction of sp³-hybridized carbons (Fsp3) is 0.433. The lowest BCUT2D eigenvalue weighted by molar-refractivity contribution is -0.126. The average molecular weight is 568 g/mol. The van der Waals surface area contributed by atoms with Crippen LogP contribution in [0, 0.1) is 11.6 Å². The predicted molar refractivity (Wildman–Crippen MR) is 153 cm³/mol. The summed E-state index contributed by atoms with van der Waals surface area (Å²) in [6.07, 6.45) is 4.63. The van der Waals surface area contributed by atoms with Crippen LogP contribution in [0.5, 0.6) is 0 Å². The fourth-order valence-corrected chi connectivity index (χ4v) is 6.80. The van der Waals surface area contributed by atoms with E-state index in [-0.39, 0.29) is 29.2 Å². The van der Waals surface area contributed by atoms with Gasteiger partial charge in [-0.2, -0.15) is 4.98 Å². The Morgan fingerprint density at radius 1 is 1.20 bits per heavy atom. The molecule has 0 bridgehead atoms. The van der Waals surface area contributed by atoms with Gasteiger partial charge in [-0.3, -0.25) is 9.36 Å². The highest BCUT2D eigenvalue weighted by Crippen LogP contribution is 2.44. The Kier molecular flexibility index (Phi) is 7.12. The minimum absolute atomic E-state index is 0.0452. The number of halogens is 3. The second-order valence-corrected chi connectivity index (χ2v) is 11.4. The second kappa shape index (κ2) is 10.6. The summed E-state index contributed by atoms with van der Waals surface area (Å²) >= 11 is 6.88. The molecule has 0 saturated carbocycles. The molecule has 2 atom stereocenters. The molecule has 10 heteroatoms. The number of amides is 1. The van der Waals surface area contributed by atoms with Crippen molar-refractivity contribution in [2.24, 2.45) is 0 Å². The Bertz CT molecular complexity index is 1570. The number of hydrogen-bond acceptors (Lipinski definition) is 5. The summed E-state index contributed by atoms with van der Waals surface area (Å²) in [6, 6.07) is 5.11. The number of hydrogen-bond donors (Lipinski definition) is 0. The number of piperazine rings is 1. The predicted octanol–water partition coefficient (Wildman–Crippen LogP) is 4.80. The zero-order valence-corrected chi connectivity index (χ0v) is 23.3. The maximum absolute atomic E-state index is 15.1. The Morgan fingerprint density at radius 2 is 2.00 bits per heavy atom. The van der Waals surface area contributed by atoms with Gasteiger partial charge in [-0.1, -0.05) is 18.2 Å². The molecule has 0 aliphatic carbocycles. The van der Waals surface area contributed by atoms with E-state index in [1.807, 2.05) is 6.92 Å². The van der Waals surface area contributed by atoms with Crippen LogP contribution in [0.2, 0.25) is 5.02 Å². The van der Waals surface area contributed by atoms with E-state index in [4.69, 9.17) is 11.6 Å². The molecule has 3 aliphatic heterocycles. The molecule has 0 radical (unpaired) electrons. The largest absolute Gasteiger partial charge is 0.350 e. The van der Waals surface area contributed by atoms with Crippen molar-refractivity contribution in [3.05, 3.63) is 69.6 Å². The maximum Gasteiger partial charge on any atom is 0.350 e. The quantitative estimate of drug-likeness (QED) is 0.401. The molecule has 0 N–H and O–H groups in total. The van der Waals surface area contributed by atoms with Gasteiger partial charge < -0.3 is 14.7 Å². The molecular weight excluding hydrogens is 536 g/mol. The van der Waals surface area contributed by atoms with Crippen molar-refractivity contribution in [3.8, 4) is 11.1 Å². The molecule has 2 fully saturated rings. The normalized spacial score (nSPS) is 21.0. The zero-order valence-electron chi connectivity index (χ0n) is 22.5. The number of anilines is 1. The molecule has 2 saturated heterocycles. The van der Waals surface area contributed by atoms with E-state index in [0.717, 1.165) is 48.6 Å². The van der Waals surface area contributed by atoms with Crippen LogP contribution in [0.4, 0.5) is 14.6 Å². The van der Waals surface area contributed by atoms with Crippen molar-refractivity contribution in [1.29, 1.82) is 0 Å². The van der Waals surface area contributed by atoms with Crippen LogP contribution in [0.15, 0.2) is 41.7 Å². The van der Waals surface area contributed by atoms with Crippen molar-refractivity contribution >= 4 is 34.2 Å². The minimum atomic E-state index is -0.697. The van der Waals surface area contributed by atoms with Gasteiger partial charge in [0.05, 0.1) is 5.52 Å². The minimum Gasteiger partial charge on any atom is -0.350 e. The third-order valence-corrected chi connectivity index (χ3v) is 8.95. The van der Waals surface area contributed by atoms with Crippen molar-refractivity contribution in [2.45, 2.75) is 44.7 Å². The van der Waals surface area contributed by atoms with Crippen molar-refractivity contribution in [3.63, 3.8) is 0 Å². The van der Waals surface area contributed by atoms with E-state index in [0.29, 0.717) is 48.9 Å². The molecule has 210 valence electrons. The summed E-state index contributed by atoms with van der Waals surface area (Å²) in [5.41, 5.74) is 1.86. The molecular formula is C30H32ClF2N5O2. The Labute approximate surface area is 236 Å². The molecule has 3 aliphatic rings. The number of benzene rings is 2. The topological polar surface area (TPSA) is 61.7 Å². The zero-order chi connectivity index (χ0) is 28.1. The SMILES string of the molecule is C=CC(=O)N1CCN(c2nc(=O)n3c4c(c(-c5ccc(F)cc5F)c(Cl)cc24)CCC3CCN2CCC2)[C@@H](C)C1. The van der Waals surface area contributed by atoms with Crippen molar-refractivity contribution in [1.82, 2.24) is 19.4 Å². The summed E-state index contributed by atoms with van der Waals surface area (Å²) < 4.78 is 30.7. The van der Waals surface area contributed by atoms with Gasteiger partial charge in [-0.05, 0) is 75.5 Å².